The molecule has 1 aliphatic rings. The molecule has 1 rings (SSSR count). The number of nitrogens with one attached hydrogen (secondary N) is 1. The van der Waals surface area contributed by atoms with Gasteiger partial charge in [0, 0.05) is 12.6 Å². The molecule has 0 aliphatic carbocycles. The van der Waals surface area contributed by atoms with Gasteiger partial charge in [0.15, 0.2) is 0 Å². The highest BCUT2D eigenvalue weighted by molar-refractivity contribution is 5.76. The first kappa shape index (κ1) is 13.9. The van der Waals surface area contributed by atoms with Crippen molar-refractivity contribution >= 4 is 11.9 Å². The molecule has 0 spiro atoms. The van der Waals surface area contributed by atoms with Crippen LogP contribution in [0.1, 0.15) is 19.3 Å². The number of hydrogen-bond donors (Lipinski definition) is 1. The van der Waals surface area contributed by atoms with Gasteiger partial charge in [-0.2, -0.15) is 0 Å². The number of methoxy groups -OCH3 is 2. The maximum Gasteiger partial charge on any atom is 0.331 e. The van der Waals surface area contributed by atoms with E-state index in [9.17, 15) is 9.59 Å². The number of esters is 2. The number of rotatable bonds is 6. The Balaban J connectivity index is 2.10. The van der Waals surface area contributed by atoms with Gasteiger partial charge in [-0.05, 0) is 19.3 Å². The minimum atomic E-state index is -0.378. The highest BCUT2D eigenvalue weighted by Gasteiger charge is 2.29. The molecular weight excluding hydrogens is 226 g/mol. The van der Waals surface area contributed by atoms with Crippen molar-refractivity contribution in [3.05, 3.63) is 0 Å². The molecule has 0 bridgehead atoms. The van der Waals surface area contributed by atoms with Crippen LogP contribution in [0.3, 0.4) is 0 Å². The summed E-state index contributed by atoms with van der Waals surface area (Å²) in [7, 11) is 2.71. The molecule has 0 aromatic heterocycles. The SMILES string of the molecule is COC(=O)COCC[C@@H]1CC[C@@H](C(=O)OC)N1. The van der Waals surface area contributed by atoms with Gasteiger partial charge in [-0.3, -0.25) is 4.79 Å². The molecule has 0 unspecified atom stereocenters. The predicted molar refractivity (Wildman–Crippen MR) is 59.4 cm³/mol. The molecule has 17 heavy (non-hydrogen) atoms. The molecule has 6 heteroatoms. The molecular formula is C11H19NO5. The van der Waals surface area contributed by atoms with Gasteiger partial charge in [-0.1, -0.05) is 0 Å². The molecule has 0 radical (unpaired) electrons. The average Bonchev–Trinajstić information content (AvgIpc) is 2.82. The van der Waals surface area contributed by atoms with E-state index in [1.807, 2.05) is 0 Å². The summed E-state index contributed by atoms with van der Waals surface area (Å²) in [5.41, 5.74) is 0. The van der Waals surface area contributed by atoms with E-state index in [2.05, 4.69) is 14.8 Å². The quantitative estimate of drug-likeness (QED) is 0.518. The van der Waals surface area contributed by atoms with Gasteiger partial charge in [-0.15, -0.1) is 0 Å². The first-order valence-electron chi connectivity index (χ1n) is 5.65. The summed E-state index contributed by atoms with van der Waals surface area (Å²) in [5.74, 6) is -0.597. The maximum atomic E-state index is 11.2. The van der Waals surface area contributed by atoms with Crippen molar-refractivity contribution in [1.82, 2.24) is 5.32 Å². The average molecular weight is 245 g/mol. The van der Waals surface area contributed by atoms with E-state index in [1.54, 1.807) is 0 Å². The van der Waals surface area contributed by atoms with Crippen molar-refractivity contribution in [2.45, 2.75) is 31.3 Å². The van der Waals surface area contributed by atoms with Crippen molar-refractivity contribution < 1.29 is 23.8 Å². The lowest BCUT2D eigenvalue weighted by molar-refractivity contribution is -0.146. The first-order valence-corrected chi connectivity index (χ1v) is 5.65. The van der Waals surface area contributed by atoms with Gasteiger partial charge in [0.25, 0.3) is 0 Å². The second-order valence-electron chi connectivity index (χ2n) is 3.93. The Hall–Kier alpha value is -1.14. The number of hydrogen-bond acceptors (Lipinski definition) is 6. The summed E-state index contributed by atoms with van der Waals surface area (Å²) in [6.07, 6.45) is 2.47. The number of carbonyl (C=O) groups excluding carboxylic acids is 2. The Morgan fingerprint density at radius 1 is 1.24 bits per heavy atom. The van der Waals surface area contributed by atoms with E-state index < -0.39 is 0 Å². The van der Waals surface area contributed by atoms with Crippen molar-refractivity contribution in [2.24, 2.45) is 0 Å². The lowest BCUT2D eigenvalue weighted by atomic mass is 10.1. The topological polar surface area (TPSA) is 73.9 Å². The third kappa shape index (κ3) is 4.70. The largest absolute Gasteiger partial charge is 0.468 e. The third-order valence-corrected chi connectivity index (χ3v) is 2.78. The fourth-order valence-corrected chi connectivity index (χ4v) is 1.81. The monoisotopic (exact) mass is 245 g/mol. The molecule has 1 N–H and O–H groups in total. The fourth-order valence-electron chi connectivity index (χ4n) is 1.81. The summed E-state index contributed by atoms with van der Waals surface area (Å²) < 4.78 is 14.2. The Kier molecular flexibility index (Phi) is 5.93. The van der Waals surface area contributed by atoms with Crippen LogP contribution in [-0.2, 0) is 23.8 Å². The van der Waals surface area contributed by atoms with Gasteiger partial charge < -0.3 is 19.5 Å². The molecule has 1 saturated heterocycles. The Morgan fingerprint density at radius 2 is 2.00 bits per heavy atom. The van der Waals surface area contributed by atoms with Crippen molar-refractivity contribution in [2.75, 3.05) is 27.4 Å². The lowest BCUT2D eigenvalue weighted by Crippen LogP contribution is -2.36. The van der Waals surface area contributed by atoms with E-state index in [-0.39, 0.29) is 30.6 Å². The van der Waals surface area contributed by atoms with E-state index in [4.69, 9.17) is 4.74 Å². The number of carbonyl (C=O) groups is 2. The summed E-state index contributed by atoms with van der Waals surface area (Å²) in [6.45, 7) is 0.449. The zero-order valence-electron chi connectivity index (χ0n) is 10.2. The fraction of sp³-hybridized carbons (Fsp3) is 0.818. The van der Waals surface area contributed by atoms with E-state index in [0.29, 0.717) is 6.61 Å². The normalized spacial score (nSPS) is 23.4. The van der Waals surface area contributed by atoms with Crippen LogP contribution in [0.5, 0.6) is 0 Å². The molecule has 0 aromatic rings. The summed E-state index contributed by atoms with van der Waals surface area (Å²) in [5, 5.41) is 3.17. The summed E-state index contributed by atoms with van der Waals surface area (Å²) in [4.78, 5) is 22.0. The molecule has 1 fully saturated rings. The van der Waals surface area contributed by atoms with E-state index in [1.165, 1.54) is 14.2 Å². The molecule has 0 amide bonds. The third-order valence-electron chi connectivity index (χ3n) is 2.78. The second-order valence-corrected chi connectivity index (χ2v) is 3.93. The van der Waals surface area contributed by atoms with Gasteiger partial charge in [0.2, 0.25) is 0 Å². The first-order chi connectivity index (χ1) is 8.17. The number of ether oxygens (including phenoxy) is 3. The minimum absolute atomic E-state index is 0.0242. The lowest BCUT2D eigenvalue weighted by Gasteiger charge is -2.12. The zero-order valence-corrected chi connectivity index (χ0v) is 10.2. The molecule has 0 saturated carbocycles. The molecule has 1 aliphatic heterocycles. The van der Waals surface area contributed by atoms with Crippen LogP contribution in [0, 0.1) is 0 Å². The van der Waals surface area contributed by atoms with Gasteiger partial charge >= 0.3 is 11.9 Å². The Labute approximate surface area is 101 Å². The van der Waals surface area contributed by atoms with Crippen LogP contribution in [-0.4, -0.2) is 51.5 Å². The van der Waals surface area contributed by atoms with Crippen molar-refractivity contribution in [1.29, 1.82) is 0 Å². The minimum Gasteiger partial charge on any atom is -0.468 e. The second kappa shape index (κ2) is 7.24. The van der Waals surface area contributed by atoms with E-state index in [0.717, 1.165) is 19.3 Å². The van der Waals surface area contributed by atoms with Crippen LogP contribution in [0.2, 0.25) is 0 Å². The van der Waals surface area contributed by atoms with Gasteiger partial charge in [-0.25, -0.2) is 4.79 Å². The van der Waals surface area contributed by atoms with Crippen molar-refractivity contribution in [3.8, 4) is 0 Å². The highest BCUT2D eigenvalue weighted by Crippen LogP contribution is 2.15. The van der Waals surface area contributed by atoms with Gasteiger partial charge in [0.05, 0.1) is 14.2 Å². The van der Waals surface area contributed by atoms with Crippen LogP contribution in [0.15, 0.2) is 0 Å². The standard InChI is InChI=1S/C11H19NO5/c1-15-10(13)7-17-6-5-8-3-4-9(12-8)11(14)16-2/h8-9,12H,3-7H2,1-2H3/t8-,9-/m0/s1. The van der Waals surface area contributed by atoms with Crippen LogP contribution in [0.25, 0.3) is 0 Å². The zero-order chi connectivity index (χ0) is 12.7. The molecule has 1 heterocycles. The Bertz CT molecular complexity index is 269. The molecule has 98 valence electrons. The summed E-state index contributed by atoms with van der Waals surface area (Å²) in [6, 6.07) is 0.0438. The maximum absolute atomic E-state index is 11.2. The smallest absolute Gasteiger partial charge is 0.331 e. The predicted octanol–water partition coefficient (Wildman–Crippen LogP) is -0.140. The van der Waals surface area contributed by atoms with E-state index >= 15 is 0 Å². The highest BCUT2D eigenvalue weighted by atomic mass is 16.6. The van der Waals surface area contributed by atoms with Crippen LogP contribution >= 0.6 is 0 Å². The molecule has 6 nitrogen and oxygen atoms in total. The molecule has 0 aromatic carbocycles. The van der Waals surface area contributed by atoms with Crippen molar-refractivity contribution in [3.63, 3.8) is 0 Å². The van der Waals surface area contributed by atoms with Crippen LogP contribution in [0.4, 0.5) is 0 Å². The summed E-state index contributed by atoms with van der Waals surface area (Å²) >= 11 is 0. The molecule has 2 atom stereocenters. The van der Waals surface area contributed by atoms with Crippen LogP contribution < -0.4 is 5.32 Å². The Morgan fingerprint density at radius 3 is 2.65 bits per heavy atom. The van der Waals surface area contributed by atoms with Gasteiger partial charge in [0.1, 0.15) is 12.6 Å².